The Bertz CT molecular complexity index is 372. The van der Waals surface area contributed by atoms with Gasteiger partial charge in [-0.25, -0.2) is 0 Å². The molecule has 6 heteroatoms. The second-order valence-corrected chi connectivity index (χ2v) is 4.53. The standard InChI is InChI=1S/C11H20N6/c1-8(2)13-10-14-9(12-3)15-11(16-10)17-6-4-5-7-17/h8H,4-7H2,1-3H3,(H2,12,13,14,15,16). The third kappa shape index (κ3) is 2.95. The van der Waals surface area contributed by atoms with Crippen molar-refractivity contribution >= 4 is 17.8 Å². The Labute approximate surface area is 102 Å². The fourth-order valence-electron chi connectivity index (χ4n) is 1.86. The van der Waals surface area contributed by atoms with Crippen LogP contribution >= 0.6 is 0 Å². The van der Waals surface area contributed by atoms with Gasteiger partial charge in [0.05, 0.1) is 0 Å². The van der Waals surface area contributed by atoms with Crippen LogP contribution in [0, 0.1) is 0 Å². The molecule has 0 amide bonds. The number of aromatic nitrogens is 3. The Kier molecular flexibility index (Phi) is 3.61. The molecule has 1 aliphatic heterocycles. The van der Waals surface area contributed by atoms with Crippen LogP contribution in [-0.4, -0.2) is 41.1 Å². The summed E-state index contributed by atoms with van der Waals surface area (Å²) in [6.07, 6.45) is 2.43. The molecule has 1 aromatic heterocycles. The Morgan fingerprint density at radius 3 is 2.29 bits per heavy atom. The first kappa shape index (κ1) is 11.9. The van der Waals surface area contributed by atoms with Crippen LogP contribution in [-0.2, 0) is 0 Å². The molecule has 0 spiro atoms. The minimum atomic E-state index is 0.313. The molecule has 1 aliphatic rings. The van der Waals surface area contributed by atoms with Crippen LogP contribution in [0.15, 0.2) is 0 Å². The molecule has 0 aromatic carbocycles. The zero-order valence-corrected chi connectivity index (χ0v) is 10.7. The maximum atomic E-state index is 4.46. The topological polar surface area (TPSA) is 66.0 Å². The van der Waals surface area contributed by atoms with Crippen molar-refractivity contribution in [3.8, 4) is 0 Å². The molecule has 1 saturated heterocycles. The fraction of sp³-hybridized carbons (Fsp3) is 0.727. The highest BCUT2D eigenvalue weighted by molar-refractivity contribution is 5.44. The first-order valence-electron chi connectivity index (χ1n) is 6.14. The molecule has 0 atom stereocenters. The van der Waals surface area contributed by atoms with E-state index in [9.17, 15) is 0 Å². The summed E-state index contributed by atoms with van der Waals surface area (Å²) in [5, 5.41) is 6.19. The van der Waals surface area contributed by atoms with E-state index in [0.717, 1.165) is 19.0 Å². The first-order valence-corrected chi connectivity index (χ1v) is 6.14. The summed E-state index contributed by atoms with van der Waals surface area (Å²) >= 11 is 0. The number of nitrogens with one attached hydrogen (secondary N) is 2. The zero-order valence-electron chi connectivity index (χ0n) is 10.7. The van der Waals surface area contributed by atoms with Gasteiger partial charge in [-0.2, -0.15) is 15.0 Å². The van der Waals surface area contributed by atoms with Gasteiger partial charge in [-0.05, 0) is 26.7 Å². The van der Waals surface area contributed by atoms with Crippen molar-refractivity contribution in [2.75, 3.05) is 35.7 Å². The predicted molar refractivity (Wildman–Crippen MR) is 69.6 cm³/mol. The Balaban J connectivity index is 2.24. The lowest BCUT2D eigenvalue weighted by molar-refractivity contribution is 0.844. The smallest absolute Gasteiger partial charge is 0.231 e. The van der Waals surface area contributed by atoms with E-state index in [4.69, 9.17) is 0 Å². The van der Waals surface area contributed by atoms with Gasteiger partial charge in [0.15, 0.2) is 0 Å². The van der Waals surface area contributed by atoms with E-state index >= 15 is 0 Å². The molecule has 17 heavy (non-hydrogen) atoms. The van der Waals surface area contributed by atoms with Crippen molar-refractivity contribution in [2.45, 2.75) is 32.7 Å². The van der Waals surface area contributed by atoms with Crippen LogP contribution in [0.4, 0.5) is 17.8 Å². The van der Waals surface area contributed by atoms with Gasteiger partial charge >= 0.3 is 0 Å². The molecule has 2 N–H and O–H groups in total. The highest BCUT2D eigenvalue weighted by atomic mass is 15.3. The van der Waals surface area contributed by atoms with E-state index in [0.29, 0.717) is 17.9 Å². The SMILES string of the molecule is CNc1nc(NC(C)C)nc(N2CCCC2)n1. The maximum Gasteiger partial charge on any atom is 0.231 e. The van der Waals surface area contributed by atoms with Gasteiger partial charge in [0, 0.05) is 26.2 Å². The largest absolute Gasteiger partial charge is 0.357 e. The Hall–Kier alpha value is -1.59. The molecule has 94 valence electrons. The third-order valence-electron chi connectivity index (χ3n) is 2.65. The first-order chi connectivity index (χ1) is 8.19. The van der Waals surface area contributed by atoms with Gasteiger partial charge < -0.3 is 15.5 Å². The number of hydrogen-bond acceptors (Lipinski definition) is 6. The molecule has 1 fully saturated rings. The summed E-state index contributed by atoms with van der Waals surface area (Å²) in [6, 6.07) is 0.313. The molecule has 0 aliphatic carbocycles. The quantitative estimate of drug-likeness (QED) is 0.822. The van der Waals surface area contributed by atoms with Gasteiger partial charge in [0.2, 0.25) is 17.8 Å². The molecular weight excluding hydrogens is 216 g/mol. The summed E-state index contributed by atoms with van der Waals surface area (Å²) in [7, 11) is 1.82. The van der Waals surface area contributed by atoms with Crippen LogP contribution in [0.1, 0.15) is 26.7 Å². The predicted octanol–water partition coefficient (Wildman–Crippen LogP) is 1.33. The summed E-state index contributed by atoms with van der Waals surface area (Å²) in [6.45, 7) is 6.21. The average Bonchev–Trinajstić information content (AvgIpc) is 2.81. The molecular formula is C11H20N6. The van der Waals surface area contributed by atoms with Crippen LogP contribution in [0.3, 0.4) is 0 Å². The molecule has 1 aromatic rings. The van der Waals surface area contributed by atoms with Crippen LogP contribution in [0.5, 0.6) is 0 Å². The summed E-state index contributed by atoms with van der Waals surface area (Å²) in [5.74, 6) is 2.02. The van der Waals surface area contributed by atoms with Gasteiger partial charge in [-0.15, -0.1) is 0 Å². The van der Waals surface area contributed by atoms with Crippen molar-refractivity contribution in [1.29, 1.82) is 0 Å². The van der Waals surface area contributed by atoms with E-state index in [1.165, 1.54) is 12.8 Å². The lowest BCUT2D eigenvalue weighted by Crippen LogP contribution is -2.23. The lowest BCUT2D eigenvalue weighted by Gasteiger charge is -2.17. The van der Waals surface area contributed by atoms with Crippen molar-refractivity contribution in [3.05, 3.63) is 0 Å². The molecule has 6 nitrogen and oxygen atoms in total. The Morgan fingerprint density at radius 2 is 1.71 bits per heavy atom. The average molecular weight is 236 g/mol. The van der Waals surface area contributed by atoms with Gasteiger partial charge in [-0.1, -0.05) is 0 Å². The Morgan fingerprint density at radius 1 is 1.06 bits per heavy atom. The van der Waals surface area contributed by atoms with E-state index in [2.05, 4.69) is 44.3 Å². The van der Waals surface area contributed by atoms with Gasteiger partial charge in [0.25, 0.3) is 0 Å². The summed E-state index contributed by atoms with van der Waals surface area (Å²) in [4.78, 5) is 15.3. The summed E-state index contributed by atoms with van der Waals surface area (Å²) in [5.41, 5.74) is 0. The minimum absolute atomic E-state index is 0.313. The lowest BCUT2D eigenvalue weighted by atomic mass is 10.4. The molecule has 0 bridgehead atoms. The van der Waals surface area contributed by atoms with E-state index in [1.807, 2.05) is 7.05 Å². The van der Waals surface area contributed by atoms with Crippen molar-refractivity contribution in [1.82, 2.24) is 15.0 Å². The van der Waals surface area contributed by atoms with E-state index in [-0.39, 0.29) is 0 Å². The van der Waals surface area contributed by atoms with Gasteiger partial charge in [0.1, 0.15) is 0 Å². The minimum Gasteiger partial charge on any atom is -0.357 e. The molecule has 0 radical (unpaired) electrons. The monoisotopic (exact) mass is 236 g/mol. The second-order valence-electron chi connectivity index (χ2n) is 4.53. The van der Waals surface area contributed by atoms with Crippen LogP contribution in [0.2, 0.25) is 0 Å². The van der Waals surface area contributed by atoms with Gasteiger partial charge in [-0.3, -0.25) is 0 Å². The highest BCUT2D eigenvalue weighted by Gasteiger charge is 2.17. The second kappa shape index (κ2) is 5.16. The van der Waals surface area contributed by atoms with E-state index < -0.39 is 0 Å². The van der Waals surface area contributed by atoms with Crippen LogP contribution in [0.25, 0.3) is 0 Å². The fourth-order valence-corrected chi connectivity index (χ4v) is 1.86. The number of rotatable bonds is 4. The third-order valence-corrected chi connectivity index (χ3v) is 2.65. The van der Waals surface area contributed by atoms with Crippen molar-refractivity contribution in [2.24, 2.45) is 0 Å². The van der Waals surface area contributed by atoms with Crippen molar-refractivity contribution < 1.29 is 0 Å². The van der Waals surface area contributed by atoms with Crippen LogP contribution < -0.4 is 15.5 Å². The number of hydrogen-bond donors (Lipinski definition) is 2. The molecule has 2 heterocycles. The summed E-state index contributed by atoms with van der Waals surface area (Å²) < 4.78 is 0. The molecule has 2 rings (SSSR count). The maximum absolute atomic E-state index is 4.46. The zero-order chi connectivity index (χ0) is 12.3. The highest BCUT2D eigenvalue weighted by Crippen LogP contribution is 2.18. The van der Waals surface area contributed by atoms with Crippen molar-refractivity contribution in [3.63, 3.8) is 0 Å². The molecule has 0 unspecified atom stereocenters. The molecule has 0 saturated carbocycles. The normalized spacial score (nSPS) is 15.4. The number of nitrogens with zero attached hydrogens (tertiary/aromatic N) is 4. The van der Waals surface area contributed by atoms with E-state index in [1.54, 1.807) is 0 Å². The number of anilines is 3.